The predicted molar refractivity (Wildman–Crippen MR) is 74.0 cm³/mol. The van der Waals surface area contributed by atoms with Gasteiger partial charge < -0.3 is 10.6 Å². The number of rotatable bonds is 5. The van der Waals surface area contributed by atoms with E-state index in [4.69, 9.17) is 5.73 Å². The number of nitrogens with two attached hydrogens (primary N) is 1. The van der Waals surface area contributed by atoms with Gasteiger partial charge in [-0.15, -0.1) is 0 Å². The van der Waals surface area contributed by atoms with Gasteiger partial charge in [-0.1, -0.05) is 0 Å². The summed E-state index contributed by atoms with van der Waals surface area (Å²) in [6, 6.07) is 5.88. The molecule has 1 aromatic carbocycles. The number of non-ortho nitro benzene ring substituents is 1. The van der Waals surface area contributed by atoms with Gasteiger partial charge in [0.05, 0.1) is 4.92 Å². The van der Waals surface area contributed by atoms with Gasteiger partial charge in [-0.2, -0.15) is 0 Å². The molecule has 1 rings (SSSR count). The summed E-state index contributed by atoms with van der Waals surface area (Å²) < 4.78 is 0. The Labute approximate surface area is 112 Å². The molecule has 0 spiro atoms. The van der Waals surface area contributed by atoms with Crippen molar-refractivity contribution in [2.75, 3.05) is 11.9 Å². The third-order valence-electron chi connectivity index (χ3n) is 2.81. The van der Waals surface area contributed by atoms with Crippen LogP contribution in [0.3, 0.4) is 0 Å². The van der Waals surface area contributed by atoms with E-state index in [0.29, 0.717) is 18.5 Å². The van der Waals surface area contributed by atoms with Crippen molar-refractivity contribution in [1.82, 2.24) is 0 Å². The molecule has 0 aliphatic rings. The lowest BCUT2D eigenvalue weighted by Crippen LogP contribution is -2.35. The maximum Gasteiger partial charge on any atom is 0.269 e. The van der Waals surface area contributed by atoms with Gasteiger partial charge >= 0.3 is 0 Å². The largest absolute Gasteiger partial charge is 0.326 e. The maximum absolute atomic E-state index is 11.9. The van der Waals surface area contributed by atoms with Gasteiger partial charge in [0.25, 0.3) is 5.69 Å². The first kappa shape index (κ1) is 15.1. The Balaban J connectivity index is 2.69. The molecule has 0 aromatic heterocycles. The van der Waals surface area contributed by atoms with Gasteiger partial charge in [0.1, 0.15) is 0 Å². The molecule has 0 aliphatic carbocycles. The fourth-order valence-corrected chi connectivity index (χ4v) is 1.54. The zero-order chi connectivity index (χ0) is 14.6. The second-order valence-corrected chi connectivity index (χ2v) is 5.21. The Morgan fingerprint density at radius 3 is 2.32 bits per heavy atom. The lowest BCUT2D eigenvalue weighted by atomic mass is 10.00. The molecule has 0 unspecified atom stereocenters. The van der Waals surface area contributed by atoms with E-state index in [2.05, 4.69) is 0 Å². The van der Waals surface area contributed by atoms with Crippen molar-refractivity contribution in [1.29, 1.82) is 0 Å². The molecular weight excluding hydrogens is 246 g/mol. The minimum Gasteiger partial charge on any atom is -0.326 e. The Hall–Kier alpha value is -1.95. The van der Waals surface area contributed by atoms with Crippen molar-refractivity contribution in [3.63, 3.8) is 0 Å². The standard InChI is InChI=1S/C13H19N3O3/c1-13(2,14)9-8-12(17)15(3)10-4-6-11(7-5-10)16(18)19/h4-7H,8-9,14H2,1-3H3. The SMILES string of the molecule is CN(C(=O)CCC(C)(C)N)c1ccc([N+](=O)[O-])cc1. The van der Waals surface area contributed by atoms with Gasteiger partial charge in [-0.25, -0.2) is 0 Å². The Morgan fingerprint density at radius 1 is 1.37 bits per heavy atom. The van der Waals surface area contributed by atoms with Gasteiger partial charge in [-0.3, -0.25) is 14.9 Å². The predicted octanol–water partition coefficient (Wildman–Crippen LogP) is 2.08. The number of hydrogen-bond donors (Lipinski definition) is 1. The lowest BCUT2D eigenvalue weighted by molar-refractivity contribution is -0.384. The summed E-state index contributed by atoms with van der Waals surface area (Å²) in [5.74, 6) is -0.0626. The third-order valence-corrected chi connectivity index (χ3v) is 2.81. The summed E-state index contributed by atoms with van der Waals surface area (Å²) in [6.07, 6.45) is 0.931. The topological polar surface area (TPSA) is 89.5 Å². The molecule has 0 fully saturated rings. The number of carbonyl (C=O) groups excluding carboxylic acids is 1. The van der Waals surface area contributed by atoms with Crippen LogP contribution in [0.5, 0.6) is 0 Å². The zero-order valence-corrected chi connectivity index (χ0v) is 11.4. The minimum atomic E-state index is -0.470. The number of hydrogen-bond acceptors (Lipinski definition) is 4. The second-order valence-electron chi connectivity index (χ2n) is 5.21. The van der Waals surface area contributed by atoms with E-state index in [1.165, 1.54) is 17.0 Å². The van der Waals surface area contributed by atoms with E-state index in [9.17, 15) is 14.9 Å². The zero-order valence-electron chi connectivity index (χ0n) is 11.4. The Kier molecular flexibility index (Phi) is 4.61. The fraction of sp³-hybridized carbons (Fsp3) is 0.462. The van der Waals surface area contributed by atoms with Crippen LogP contribution in [-0.4, -0.2) is 23.4 Å². The summed E-state index contributed by atoms with van der Waals surface area (Å²) in [7, 11) is 1.65. The van der Waals surface area contributed by atoms with Crippen LogP contribution in [-0.2, 0) is 4.79 Å². The van der Waals surface area contributed by atoms with Crippen molar-refractivity contribution in [2.24, 2.45) is 5.73 Å². The van der Waals surface area contributed by atoms with Crippen molar-refractivity contribution >= 4 is 17.3 Å². The molecule has 1 aromatic rings. The molecule has 1 amide bonds. The van der Waals surface area contributed by atoms with E-state index >= 15 is 0 Å². The highest BCUT2D eigenvalue weighted by atomic mass is 16.6. The summed E-state index contributed by atoms with van der Waals surface area (Å²) in [5, 5.41) is 10.5. The minimum absolute atomic E-state index is 0.00712. The van der Waals surface area contributed by atoms with E-state index < -0.39 is 4.92 Å². The number of nitrogens with zero attached hydrogens (tertiary/aromatic N) is 2. The van der Waals surface area contributed by atoms with Crippen LogP contribution in [0.1, 0.15) is 26.7 Å². The highest BCUT2D eigenvalue weighted by molar-refractivity contribution is 5.92. The van der Waals surface area contributed by atoms with E-state index in [0.717, 1.165) is 0 Å². The molecule has 19 heavy (non-hydrogen) atoms. The Morgan fingerprint density at radius 2 is 1.89 bits per heavy atom. The number of nitro benzene ring substituents is 1. The molecule has 104 valence electrons. The third kappa shape index (κ3) is 4.67. The molecule has 0 heterocycles. The first-order valence-electron chi connectivity index (χ1n) is 6.00. The normalized spacial score (nSPS) is 11.2. The van der Waals surface area contributed by atoms with Crippen LogP contribution in [0.4, 0.5) is 11.4 Å². The van der Waals surface area contributed by atoms with Crippen LogP contribution in [0, 0.1) is 10.1 Å². The molecule has 6 heteroatoms. The fourth-order valence-electron chi connectivity index (χ4n) is 1.54. The van der Waals surface area contributed by atoms with Crippen LogP contribution in [0.15, 0.2) is 24.3 Å². The van der Waals surface area contributed by atoms with Crippen LogP contribution < -0.4 is 10.6 Å². The summed E-state index contributed by atoms with van der Waals surface area (Å²) in [6.45, 7) is 3.73. The lowest BCUT2D eigenvalue weighted by Gasteiger charge is -2.21. The number of anilines is 1. The maximum atomic E-state index is 11.9. The van der Waals surface area contributed by atoms with E-state index in [1.54, 1.807) is 19.2 Å². The molecule has 0 aliphatic heterocycles. The monoisotopic (exact) mass is 265 g/mol. The molecule has 0 atom stereocenters. The van der Waals surface area contributed by atoms with Gasteiger partial charge in [-0.05, 0) is 32.4 Å². The highest BCUT2D eigenvalue weighted by Crippen LogP contribution is 2.19. The molecule has 6 nitrogen and oxygen atoms in total. The van der Waals surface area contributed by atoms with Crippen LogP contribution in [0.2, 0.25) is 0 Å². The van der Waals surface area contributed by atoms with Crippen molar-refractivity contribution in [3.05, 3.63) is 34.4 Å². The van der Waals surface area contributed by atoms with E-state index in [1.807, 2.05) is 13.8 Å². The van der Waals surface area contributed by atoms with Gasteiger partial charge in [0.15, 0.2) is 0 Å². The summed E-state index contributed by atoms with van der Waals surface area (Å²) >= 11 is 0. The number of nitro groups is 1. The molecule has 2 N–H and O–H groups in total. The average molecular weight is 265 g/mol. The van der Waals surface area contributed by atoms with Crippen molar-refractivity contribution in [3.8, 4) is 0 Å². The number of carbonyl (C=O) groups is 1. The molecule has 0 bridgehead atoms. The smallest absolute Gasteiger partial charge is 0.269 e. The summed E-state index contributed by atoms with van der Waals surface area (Å²) in [4.78, 5) is 23.5. The first-order valence-corrected chi connectivity index (χ1v) is 6.00. The average Bonchev–Trinajstić information content (AvgIpc) is 2.34. The highest BCUT2D eigenvalue weighted by Gasteiger charge is 2.17. The number of amides is 1. The molecule has 0 saturated carbocycles. The second kappa shape index (κ2) is 5.79. The quantitative estimate of drug-likeness (QED) is 0.652. The molecule has 0 radical (unpaired) electrons. The van der Waals surface area contributed by atoms with Crippen LogP contribution >= 0.6 is 0 Å². The van der Waals surface area contributed by atoms with Crippen LogP contribution in [0.25, 0.3) is 0 Å². The molecular formula is C13H19N3O3. The van der Waals surface area contributed by atoms with Crippen molar-refractivity contribution in [2.45, 2.75) is 32.2 Å². The van der Waals surface area contributed by atoms with E-state index in [-0.39, 0.29) is 17.1 Å². The summed E-state index contributed by atoms with van der Waals surface area (Å²) in [5.41, 5.74) is 6.08. The number of benzene rings is 1. The molecule has 0 saturated heterocycles. The van der Waals surface area contributed by atoms with Gasteiger partial charge in [0, 0.05) is 36.8 Å². The Bertz CT molecular complexity index is 463. The van der Waals surface area contributed by atoms with Crippen molar-refractivity contribution < 1.29 is 9.72 Å². The van der Waals surface area contributed by atoms with Gasteiger partial charge in [0.2, 0.25) is 5.91 Å². The first-order chi connectivity index (χ1) is 8.70.